The van der Waals surface area contributed by atoms with Crippen LogP contribution in [0.1, 0.15) is 40.5 Å². The van der Waals surface area contributed by atoms with Crippen molar-refractivity contribution in [1.82, 2.24) is 4.90 Å². The first kappa shape index (κ1) is 14.8. The predicted molar refractivity (Wildman–Crippen MR) is 76.6 cm³/mol. The number of ketones is 1. The molecule has 20 heavy (non-hydrogen) atoms. The van der Waals surface area contributed by atoms with Gasteiger partial charge in [-0.25, -0.2) is 4.85 Å². The Morgan fingerprint density at radius 3 is 2.70 bits per heavy atom. The molecular formula is C16H22N2O2. The van der Waals surface area contributed by atoms with Crippen molar-refractivity contribution in [3.8, 4) is 0 Å². The number of nitrogens with zero attached hydrogens (tertiary/aromatic N) is 2. The van der Waals surface area contributed by atoms with E-state index in [0.29, 0.717) is 13.1 Å². The molecule has 1 aliphatic heterocycles. The molecule has 2 rings (SSSR count). The second-order valence-corrected chi connectivity index (χ2v) is 6.56. The van der Waals surface area contributed by atoms with Gasteiger partial charge in [0.15, 0.2) is 5.78 Å². The van der Waals surface area contributed by atoms with Crippen molar-refractivity contribution in [2.24, 2.45) is 16.7 Å². The fraction of sp³-hybridized carbons (Fsp3) is 0.688. The van der Waals surface area contributed by atoms with Gasteiger partial charge in [-0.15, -0.1) is 0 Å². The summed E-state index contributed by atoms with van der Waals surface area (Å²) in [6.45, 7) is 16.2. The van der Waals surface area contributed by atoms with E-state index in [9.17, 15) is 9.59 Å². The van der Waals surface area contributed by atoms with Crippen LogP contribution in [-0.2, 0) is 9.59 Å². The molecule has 2 atom stereocenters. The number of hydrogen-bond acceptors (Lipinski definition) is 2. The molecule has 0 aromatic heterocycles. The summed E-state index contributed by atoms with van der Waals surface area (Å²) in [6.07, 6.45) is 3.53. The van der Waals surface area contributed by atoms with Gasteiger partial charge in [-0.1, -0.05) is 26.8 Å². The summed E-state index contributed by atoms with van der Waals surface area (Å²) in [4.78, 5) is 29.4. The third kappa shape index (κ3) is 1.96. The number of amides is 1. The fourth-order valence-electron chi connectivity index (χ4n) is 3.98. The quantitative estimate of drug-likeness (QED) is 0.690. The third-order valence-electron chi connectivity index (χ3n) is 5.20. The first-order chi connectivity index (χ1) is 9.28. The molecule has 0 N–H and O–H groups in total. The van der Waals surface area contributed by atoms with E-state index >= 15 is 0 Å². The van der Waals surface area contributed by atoms with Crippen molar-refractivity contribution in [1.29, 1.82) is 0 Å². The van der Waals surface area contributed by atoms with E-state index in [0.717, 1.165) is 12.8 Å². The normalized spacial score (nSPS) is 32.1. The zero-order valence-electron chi connectivity index (χ0n) is 12.7. The van der Waals surface area contributed by atoms with E-state index in [1.54, 1.807) is 6.92 Å². The van der Waals surface area contributed by atoms with E-state index in [4.69, 9.17) is 6.57 Å². The maximum absolute atomic E-state index is 12.4. The van der Waals surface area contributed by atoms with Gasteiger partial charge in [0.2, 0.25) is 11.6 Å². The molecule has 0 aromatic rings. The molecule has 1 heterocycles. The van der Waals surface area contributed by atoms with Crippen LogP contribution in [0.15, 0.2) is 11.8 Å². The van der Waals surface area contributed by atoms with Gasteiger partial charge in [-0.2, -0.15) is 0 Å². The second kappa shape index (κ2) is 4.73. The molecule has 1 saturated heterocycles. The van der Waals surface area contributed by atoms with Gasteiger partial charge in [0.05, 0.1) is 6.57 Å². The highest BCUT2D eigenvalue weighted by atomic mass is 16.2. The molecule has 0 aromatic carbocycles. The smallest absolute Gasteiger partial charge is 0.226 e. The van der Waals surface area contributed by atoms with E-state index in [1.807, 2.05) is 24.8 Å². The maximum Gasteiger partial charge on any atom is 0.226 e. The molecule has 0 unspecified atom stereocenters. The van der Waals surface area contributed by atoms with E-state index in [1.165, 1.54) is 0 Å². The molecule has 108 valence electrons. The third-order valence-corrected chi connectivity index (χ3v) is 5.20. The molecule has 0 radical (unpaired) electrons. The molecule has 1 fully saturated rings. The molecule has 2 aliphatic rings. The molecular weight excluding hydrogens is 252 g/mol. The Bertz CT molecular complexity index is 527. The molecule has 0 saturated carbocycles. The molecule has 0 spiro atoms. The van der Waals surface area contributed by atoms with Gasteiger partial charge in [0.1, 0.15) is 0 Å². The average Bonchev–Trinajstić information content (AvgIpc) is 2.42. The summed E-state index contributed by atoms with van der Waals surface area (Å²) >= 11 is 0. The lowest BCUT2D eigenvalue weighted by atomic mass is 9.54. The van der Waals surface area contributed by atoms with Gasteiger partial charge in [-0.3, -0.25) is 4.79 Å². The maximum atomic E-state index is 12.4. The Morgan fingerprint density at radius 1 is 1.55 bits per heavy atom. The first-order valence-electron chi connectivity index (χ1n) is 7.19. The Balaban J connectivity index is 2.53. The van der Waals surface area contributed by atoms with Crippen LogP contribution in [0.3, 0.4) is 0 Å². The Labute approximate surface area is 120 Å². The van der Waals surface area contributed by atoms with Gasteiger partial charge in [0.25, 0.3) is 0 Å². The number of likely N-dealkylation sites (tertiary alicyclic amines) is 1. The number of allylic oxidation sites excluding steroid dienone is 1. The van der Waals surface area contributed by atoms with Crippen LogP contribution in [0.5, 0.6) is 0 Å². The lowest BCUT2D eigenvalue weighted by Crippen LogP contribution is -2.57. The van der Waals surface area contributed by atoms with Crippen LogP contribution in [-0.4, -0.2) is 29.7 Å². The van der Waals surface area contributed by atoms with Gasteiger partial charge in [0, 0.05) is 30.8 Å². The summed E-state index contributed by atoms with van der Waals surface area (Å²) in [5.41, 5.74) is -0.507. The summed E-state index contributed by atoms with van der Waals surface area (Å²) in [7, 11) is 0. The molecule has 0 bridgehead atoms. The Morgan fingerprint density at radius 2 is 2.20 bits per heavy atom. The Hall–Kier alpha value is -1.63. The molecule has 1 amide bonds. The first-order valence-corrected chi connectivity index (χ1v) is 7.19. The zero-order chi connectivity index (χ0) is 15.1. The van der Waals surface area contributed by atoms with Gasteiger partial charge in [-0.05, 0) is 18.8 Å². The van der Waals surface area contributed by atoms with E-state index in [-0.39, 0.29) is 28.7 Å². The number of carbonyl (C=O) groups excluding carboxylic acids is 2. The van der Waals surface area contributed by atoms with E-state index in [2.05, 4.69) is 11.8 Å². The average molecular weight is 274 g/mol. The molecule has 4 heteroatoms. The number of Topliss-reactive ketones (excluding diaryl/α,β-unsaturated/α-hetero) is 1. The minimum absolute atomic E-state index is 0.0437. The van der Waals surface area contributed by atoms with Crippen LogP contribution in [0.2, 0.25) is 0 Å². The van der Waals surface area contributed by atoms with Crippen molar-refractivity contribution < 1.29 is 9.59 Å². The number of piperidine rings is 1. The summed E-state index contributed by atoms with van der Waals surface area (Å²) in [6, 6.07) is 0. The highest BCUT2D eigenvalue weighted by molar-refractivity contribution is 6.02. The lowest BCUT2D eigenvalue weighted by molar-refractivity contribution is -0.140. The highest BCUT2D eigenvalue weighted by Gasteiger charge is 2.54. The van der Waals surface area contributed by atoms with E-state index < -0.39 is 5.41 Å². The van der Waals surface area contributed by atoms with Crippen LogP contribution >= 0.6 is 0 Å². The summed E-state index contributed by atoms with van der Waals surface area (Å²) < 4.78 is 0. The number of fused-ring (bicyclic) bond motifs is 1. The topological polar surface area (TPSA) is 41.7 Å². The SMILES string of the molecule is [C-]#[N+]C1=C[C@]2(CC)CN(C(C)=O)CC[C@H]2C(C)(C)C1=O. The number of rotatable bonds is 1. The van der Waals surface area contributed by atoms with Crippen molar-refractivity contribution in [3.63, 3.8) is 0 Å². The van der Waals surface area contributed by atoms with Crippen molar-refractivity contribution >= 4 is 11.7 Å². The van der Waals surface area contributed by atoms with Crippen molar-refractivity contribution in [2.45, 2.75) is 40.5 Å². The number of carbonyl (C=O) groups is 2. The highest BCUT2D eigenvalue weighted by Crippen LogP contribution is 2.53. The minimum Gasteiger partial charge on any atom is -0.342 e. The van der Waals surface area contributed by atoms with Crippen LogP contribution in [0.4, 0.5) is 0 Å². The van der Waals surface area contributed by atoms with Crippen LogP contribution in [0.25, 0.3) is 4.85 Å². The largest absolute Gasteiger partial charge is 0.342 e. The summed E-state index contributed by atoms with van der Waals surface area (Å²) in [5.74, 6) is 0.232. The standard InChI is InChI=1S/C16H22N2O2/c1-6-16-9-12(17-5)14(20)15(3,4)13(16)7-8-18(10-16)11(2)19/h9,13H,6-8,10H2,1-4H3/t13-,16+/m0/s1. The van der Waals surface area contributed by atoms with Crippen molar-refractivity contribution in [3.05, 3.63) is 23.2 Å². The number of hydrogen-bond donors (Lipinski definition) is 0. The zero-order valence-corrected chi connectivity index (χ0v) is 12.7. The lowest BCUT2D eigenvalue weighted by Gasteiger charge is -2.54. The van der Waals surface area contributed by atoms with Crippen LogP contribution in [0, 0.1) is 23.3 Å². The monoisotopic (exact) mass is 274 g/mol. The fourth-order valence-corrected chi connectivity index (χ4v) is 3.98. The minimum atomic E-state index is -0.520. The molecule has 1 aliphatic carbocycles. The van der Waals surface area contributed by atoms with Crippen LogP contribution < -0.4 is 0 Å². The van der Waals surface area contributed by atoms with Gasteiger partial charge >= 0.3 is 0 Å². The predicted octanol–water partition coefficient (Wildman–Crippen LogP) is 2.66. The summed E-state index contributed by atoms with van der Waals surface area (Å²) in [5, 5.41) is 0. The van der Waals surface area contributed by atoms with Crippen molar-refractivity contribution in [2.75, 3.05) is 13.1 Å². The second-order valence-electron chi connectivity index (χ2n) is 6.56. The Kier molecular flexibility index (Phi) is 3.49. The van der Waals surface area contributed by atoms with Gasteiger partial charge < -0.3 is 9.69 Å². The molecule has 4 nitrogen and oxygen atoms in total.